The van der Waals surface area contributed by atoms with Gasteiger partial charge >= 0.3 is 0 Å². The Hall–Kier alpha value is -7.13. The zero-order chi connectivity index (χ0) is 54.5. The zero-order valence-corrected chi connectivity index (χ0v) is 45.2. The number of nitrogens with zero attached hydrogens (tertiary/aromatic N) is 6. The van der Waals surface area contributed by atoms with E-state index in [-0.39, 0.29) is 51.3 Å². The van der Waals surface area contributed by atoms with Gasteiger partial charge in [-0.2, -0.15) is 0 Å². The van der Waals surface area contributed by atoms with Crippen LogP contribution < -0.4 is 24.4 Å². The second-order valence-corrected chi connectivity index (χ2v) is 24.2. The molecule has 4 fully saturated rings. The summed E-state index contributed by atoms with van der Waals surface area (Å²) in [4.78, 5) is 47.4. The van der Waals surface area contributed by atoms with Gasteiger partial charge in [0.25, 0.3) is 21.6 Å². The minimum atomic E-state index is -4.90. The van der Waals surface area contributed by atoms with E-state index in [0.717, 1.165) is 69.7 Å². The first-order valence-corrected chi connectivity index (χ1v) is 28.5. The van der Waals surface area contributed by atoms with E-state index in [1.54, 1.807) is 32.4 Å². The first kappa shape index (κ1) is 52.9. The van der Waals surface area contributed by atoms with Crippen LogP contribution in [-0.4, -0.2) is 112 Å². The van der Waals surface area contributed by atoms with Crippen molar-refractivity contribution in [1.29, 1.82) is 0 Å². The number of benzene rings is 4. The number of H-pyrrole nitrogens is 2. The highest BCUT2D eigenvalue weighted by Gasteiger charge is 2.50. The molecule has 0 unspecified atom stereocenters. The summed E-state index contributed by atoms with van der Waals surface area (Å²) in [5.74, 6) is -0.517. The van der Waals surface area contributed by atoms with Crippen molar-refractivity contribution >= 4 is 55.1 Å². The number of halogens is 1. The molecule has 1 spiro atoms. The number of sulfonamides is 1. The Balaban J connectivity index is 0.817. The maximum atomic E-state index is 16.8. The lowest BCUT2D eigenvalue weighted by atomic mass is 9.59. The van der Waals surface area contributed by atoms with E-state index < -0.39 is 48.4 Å². The van der Waals surface area contributed by atoms with Crippen LogP contribution in [0.2, 0.25) is 0 Å². The van der Waals surface area contributed by atoms with Gasteiger partial charge in [0.15, 0.2) is 0 Å². The van der Waals surface area contributed by atoms with Gasteiger partial charge in [-0.15, -0.1) is 0 Å². The summed E-state index contributed by atoms with van der Waals surface area (Å²) in [5.41, 5.74) is 3.14. The average molecular weight is 1080 g/mol. The van der Waals surface area contributed by atoms with Crippen LogP contribution in [0.15, 0.2) is 102 Å². The monoisotopic (exact) mass is 1080 g/mol. The number of pyridine rings is 1. The van der Waals surface area contributed by atoms with E-state index in [4.69, 9.17) is 9.47 Å². The lowest BCUT2D eigenvalue weighted by Gasteiger charge is -2.58. The second kappa shape index (κ2) is 21.3. The number of aromatic amines is 2. The standard InChI is InChI=1S/C58H67FN10O8S/c1-36(2)43-7-5-6-8-44(43)49-34-66(33-38-9-11-41(76-4)12-10-38)23-24-68(49)40-29-58(30-40)18-21-67(22-19-58)47-27-50(77-42-25-39-15-20-60-55(39)62-32-42)45(26-46(47)59)56(70)65-78(74,75)51-28-48(69(72)73)52(54-53(51)63-35-64-54)61-31-37-13-16-57(3,71)17-14-37/h5-12,15,20,25-28,32,35-37,40,49,61,71H,13-14,16-19,21-24,29-31,33-34H2,1-4H3,(H,60,62)(H,63,64)(H,65,70)/t37?,49-,57?/m0/s1. The number of anilines is 2. The molecule has 11 rings (SSSR count). The number of nitro groups is 1. The lowest BCUT2D eigenvalue weighted by Crippen LogP contribution is -2.60. The maximum absolute atomic E-state index is 16.8. The highest BCUT2D eigenvalue weighted by Crippen LogP contribution is 2.54. The van der Waals surface area contributed by atoms with Crippen LogP contribution in [0.5, 0.6) is 17.2 Å². The topological polar surface area (TPSA) is 224 Å². The molecule has 7 aromatic rings. The van der Waals surface area contributed by atoms with Gasteiger partial charge in [0, 0.05) is 81.6 Å². The number of carbonyl (C=O) groups excluding carboxylic acids is 1. The van der Waals surface area contributed by atoms with E-state index in [1.165, 1.54) is 35.3 Å². The third kappa shape index (κ3) is 10.7. The van der Waals surface area contributed by atoms with Crippen molar-refractivity contribution < 1.29 is 37.1 Å². The molecule has 1 atom stereocenters. The number of amides is 1. The summed E-state index contributed by atoms with van der Waals surface area (Å²) in [5, 5.41) is 26.9. The molecule has 0 radical (unpaired) electrons. The molecule has 1 amide bonds. The maximum Gasteiger partial charge on any atom is 0.296 e. The van der Waals surface area contributed by atoms with E-state index in [9.17, 15) is 28.4 Å². The number of ether oxygens (including phenoxy) is 2. The van der Waals surface area contributed by atoms with Crippen molar-refractivity contribution in [2.24, 2.45) is 11.3 Å². The zero-order valence-electron chi connectivity index (χ0n) is 44.4. The van der Waals surface area contributed by atoms with Crippen molar-refractivity contribution in [3.8, 4) is 17.2 Å². The molecule has 3 aromatic heterocycles. The molecule has 5 heterocycles. The van der Waals surface area contributed by atoms with Gasteiger partial charge < -0.3 is 34.8 Å². The van der Waals surface area contributed by atoms with Crippen LogP contribution in [0.4, 0.5) is 21.5 Å². The van der Waals surface area contributed by atoms with E-state index in [1.807, 2.05) is 21.8 Å². The van der Waals surface area contributed by atoms with Gasteiger partial charge in [-0.05, 0) is 123 Å². The molecule has 20 heteroatoms. The third-order valence-corrected chi connectivity index (χ3v) is 18.4. The van der Waals surface area contributed by atoms with E-state index >= 15 is 4.39 Å². The summed E-state index contributed by atoms with van der Waals surface area (Å²) in [6, 6.07) is 24.6. The van der Waals surface area contributed by atoms with Crippen molar-refractivity contribution in [1.82, 2.24) is 34.5 Å². The number of imidazole rings is 1. The van der Waals surface area contributed by atoms with Crippen molar-refractivity contribution in [2.75, 3.05) is 56.6 Å². The number of aliphatic hydroxyl groups is 1. The quantitative estimate of drug-likeness (QED) is 0.0449. The molecule has 2 saturated carbocycles. The molecule has 2 aliphatic carbocycles. The molecule has 0 bridgehead atoms. The molecular formula is C58H67FN10O8S. The highest BCUT2D eigenvalue weighted by atomic mass is 32.2. The Morgan fingerprint density at radius 2 is 1.72 bits per heavy atom. The summed E-state index contributed by atoms with van der Waals surface area (Å²) in [6.45, 7) is 11.5. The predicted molar refractivity (Wildman–Crippen MR) is 296 cm³/mol. The fourth-order valence-electron chi connectivity index (χ4n) is 12.6. The number of aromatic nitrogens is 4. The highest BCUT2D eigenvalue weighted by molar-refractivity contribution is 7.90. The van der Waals surface area contributed by atoms with E-state index in [2.05, 4.69) is 85.3 Å². The molecule has 78 heavy (non-hydrogen) atoms. The largest absolute Gasteiger partial charge is 0.497 e. The molecule has 2 saturated heterocycles. The third-order valence-electron chi connectivity index (χ3n) is 17.0. The summed E-state index contributed by atoms with van der Waals surface area (Å²) >= 11 is 0. The SMILES string of the molecule is COc1ccc(CN2CCN(C3CC4(CCN(c5cc(Oc6cnc7[nH]ccc7c6)c(C(=O)NS(=O)(=O)c6cc([N+](=O)[O-])c(NCC7CCC(C)(O)CC7)c7[nH]cnc67)cc5F)CC4)C3)[C@H](c3ccccc3C(C)C)C2)cc1. The fraction of sp³-hybridized carbons (Fsp3) is 0.431. The number of piperidine rings is 1. The number of methoxy groups -OCH3 is 1. The number of rotatable bonds is 16. The molecule has 4 aliphatic rings. The number of nitrogens with one attached hydrogen (secondary N) is 4. The second-order valence-electron chi connectivity index (χ2n) is 22.6. The van der Waals surface area contributed by atoms with Gasteiger partial charge in [0.2, 0.25) is 0 Å². The Kier molecular flexibility index (Phi) is 14.4. The van der Waals surface area contributed by atoms with Crippen molar-refractivity contribution in [3.63, 3.8) is 0 Å². The molecule has 410 valence electrons. The fourth-order valence-corrected chi connectivity index (χ4v) is 13.7. The molecule has 4 aromatic carbocycles. The van der Waals surface area contributed by atoms with Crippen LogP contribution in [0.25, 0.3) is 22.1 Å². The smallest absolute Gasteiger partial charge is 0.296 e. The van der Waals surface area contributed by atoms with Crippen LogP contribution in [0.1, 0.15) is 111 Å². The van der Waals surface area contributed by atoms with Crippen molar-refractivity contribution in [2.45, 2.75) is 107 Å². The van der Waals surface area contributed by atoms with Gasteiger partial charge in [-0.3, -0.25) is 24.7 Å². The van der Waals surface area contributed by atoms with Crippen LogP contribution >= 0.6 is 0 Å². The van der Waals surface area contributed by atoms with Gasteiger partial charge in [0.05, 0.1) is 46.9 Å². The molecule has 5 N–H and O–H groups in total. The van der Waals surface area contributed by atoms with Crippen molar-refractivity contribution in [3.05, 3.63) is 136 Å². The normalized spacial score (nSPS) is 21.2. The molecular weight excluding hydrogens is 1020 g/mol. The number of piperazine rings is 1. The molecule has 2 aliphatic heterocycles. The minimum absolute atomic E-state index is 0.0460. The van der Waals surface area contributed by atoms with Gasteiger partial charge in [-0.25, -0.2) is 27.5 Å². The number of fused-ring (bicyclic) bond motifs is 2. The average Bonchev–Trinajstić information content (AvgIpc) is 4.26. The van der Waals surface area contributed by atoms with Crippen LogP contribution in [0, 0.1) is 27.3 Å². The first-order chi connectivity index (χ1) is 37.4. The summed E-state index contributed by atoms with van der Waals surface area (Å²) < 4.78 is 59.1. The Labute approximate surface area is 452 Å². The number of carbonyl (C=O) groups is 1. The van der Waals surface area contributed by atoms with Gasteiger partial charge in [-0.1, -0.05) is 50.2 Å². The molecule has 18 nitrogen and oxygen atoms in total. The van der Waals surface area contributed by atoms with Gasteiger partial charge in [0.1, 0.15) is 44.8 Å². The van der Waals surface area contributed by atoms with E-state index in [0.29, 0.717) is 68.3 Å². The lowest BCUT2D eigenvalue weighted by molar-refractivity contribution is -0.384. The van der Waals surface area contributed by atoms with Crippen LogP contribution in [0.3, 0.4) is 0 Å². The van der Waals surface area contributed by atoms with Crippen LogP contribution in [-0.2, 0) is 16.6 Å². The minimum Gasteiger partial charge on any atom is -0.497 e. The Bertz CT molecular complexity index is 3470. The Morgan fingerprint density at radius 1 is 0.962 bits per heavy atom. The Morgan fingerprint density at radius 3 is 2.45 bits per heavy atom. The number of nitro benzene ring substituents is 1. The summed E-state index contributed by atoms with van der Waals surface area (Å²) in [7, 11) is -3.22. The predicted octanol–water partition coefficient (Wildman–Crippen LogP) is 10.2. The number of hydrogen-bond acceptors (Lipinski definition) is 14. The summed E-state index contributed by atoms with van der Waals surface area (Å²) in [6.07, 6.45) is 10.7. The first-order valence-electron chi connectivity index (χ1n) is 27.0. The number of hydrogen-bond donors (Lipinski definition) is 5.